The lowest BCUT2D eigenvalue weighted by molar-refractivity contribution is 0.712. The van der Waals surface area contributed by atoms with Gasteiger partial charge in [0.1, 0.15) is 0 Å². The van der Waals surface area contributed by atoms with Crippen molar-refractivity contribution in [3.8, 4) is 0 Å². The van der Waals surface area contributed by atoms with Gasteiger partial charge in [-0.1, -0.05) is 146 Å². The van der Waals surface area contributed by atoms with Crippen molar-refractivity contribution in [2.75, 3.05) is 0 Å². The molecule has 0 aliphatic rings. The highest BCUT2D eigenvalue weighted by Gasteiger charge is 2.70. The van der Waals surface area contributed by atoms with Gasteiger partial charge in [0.05, 0.1) is 0 Å². The minimum atomic E-state index is -1.56. The van der Waals surface area contributed by atoms with Crippen LogP contribution in [0.1, 0.15) is 83.1 Å². The molecule has 0 rings (SSSR count). The Balaban J connectivity index is 8.29. The molecule has 0 nitrogen and oxygen atoms in total. The third-order valence-electron chi connectivity index (χ3n) is 7.32. The van der Waals surface area contributed by atoms with Crippen LogP contribution in [0.2, 0.25) is 63.1 Å². The zero-order valence-corrected chi connectivity index (χ0v) is 31.3. The average molecular weight is 533 g/mol. The van der Waals surface area contributed by atoms with Crippen LogP contribution in [0.25, 0.3) is 0 Å². The Kier molecular flexibility index (Phi) is 9.93. The molecule has 6 heteroatoms. The molecule has 32 heavy (non-hydrogen) atoms. The molecule has 0 fully saturated rings. The first-order chi connectivity index (χ1) is 13.4. The van der Waals surface area contributed by atoms with E-state index in [1.54, 1.807) is 0 Å². The molecule has 0 atom stereocenters. The molecule has 192 valence electrons. The summed E-state index contributed by atoms with van der Waals surface area (Å²) in [5.74, 6) is 0. The number of hydrogen-bond donors (Lipinski definition) is 0. The van der Waals surface area contributed by atoms with Crippen LogP contribution in [0, 0.1) is 0 Å². The molecule has 0 saturated heterocycles. The molecule has 0 aromatic rings. The Hall–Kier alpha value is 1.58. The zero-order valence-electron chi connectivity index (χ0n) is 26.5. The number of rotatable bonds is 6. The summed E-state index contributed by atoms with van der Waals surface area (Å²) in [7, 11) is -5.11. The highest BCUT2D eigenvalue weighted by Crippen LogP contribution is 2.82. The largest absolute Gasteiger partial charge is 0.200 e. The van der Waals surface area contributed by atoms with Crippen LogP contribution in [0.4, 0.5) is 0 Å². The van der Waals surface area contributed by atoms with E-state index < -0.39 is 24.2 Å². The zero-order chi connectivity index (χ0) is 26.7. The molecule has 0 aliphatic heterocycles. The van der Waals surface area contributed by atoms with Gasteiger partial charge in [-0.3, -0.25) is 0 Å². The summed E-state index contributed by atoms with van der Waals surface area (Å²) in [4.78, 5) is 0. The molecule has 0 aromatic heterocycles. The van der Waals surface area contributed by atoms with Crippen LogP contribution >= 0.6 is 15.6 Å². The molecule has 0 heterocycles. The van der Waals surface area contributed by atoms with Gasteiger partial charge in [0, 0.05) is 24.2 Å². The first-order valence-corrected chi connectivity index (χ1v) is 26.3. The van der Waals surface area contributed by atoms with E-state index in [9.17, 15) is 0 Å². The second kappa shape index (κ2) is 9.47. The second-order valence-corrected chi connectivity index (χ2v) is 43.0. The van der Waals surface area contributed by atoms with E-state index in [-0.39, 0.29) is 15.6 Å². The fraction of sp³-hybridized carbons (Fsp3) is 1.00. The highest BCUT2D eigenvalue weighted by molar-refractivity contribution is 8.23. The normalized spacial score (nSPS) is 16.2. The molecule has 0 N–H and O–H groups in total. The van der Waals surface area contributed by atoms with E-state index in [1.807, 2.05) is 0 Å². The van der Waals surface area contributed by atoms with Crippen molar-refractivity contribution >= 4 is 46.0 Å². The van der Waals surface area contributed by atoms with Crippen LogP contribution in [0.5, 0.6) is 0 Å². The van der Waals surface area contributed by atoms with Crippen molar-refractivity contribution in [1.29, 1.82) is 0 Å². The summed E-state index contributed by atoms with van der Waals surface area (Å²) >= 11 is 0. The maximum Gasteiger partial charge on any atom is 0.200 e. The second-order valence-electron chi connectivity index (χ2n) is 17.4. The lowest BCUT2D eigenvalue weighted by Gasteiger charge is -2.69. The molecule has 0 saturated carbocycles. The summed E-state index contributed by atoms with van der Waals surface area (Å²) in [5, 5.41) is 1.39. The fourth-order valence-electron chi connectivity index (χ4n) is 8.52. The smallest absolute Gasteiger partial charge is 0.124 e. The summed E-state index contributed by atoms with van der Waals surface area (Å²) in [6, 6.07) is 0. The minimum Gasteiger partial charge on any atom is -0.124 e. The molecule has 0 aromatic carbocycles. The van der Waals surface area contributed by atoms with Crippen molar-refractivity contribution in [1.82, 2.24) is 0 Å². The van der Waals surface area contributed by atoms with E-state index in [1.165, 1.54) is 0 Å². The van der Waals surface area contributed by atoms with E-state index in [2.05, 4.69) is 142 Å². The molecular weight excluding hydrogens is 469 g/mol. The monoisotopic (exact) mass is 532 g/mol. The molecule has 0 unspecified atom stereocenters. The van der Waals surface area contributed by atoms with Gasteiger partial charge in [-0.05, 0) is 20.6 Å². The van der Waals surface area contributed by atoms with Crippen molar-refractivity contribution in [3.63, 3.8) is 0 Å². The molecule has 0 aliphatic carbocycles. The SMILES string of the molecule is CC(C)(C)P(B(P(C(C)(C)C)C(C)(C)C)C([Si](C)(C)C)([Si](C)(C)C)[Si](C)(C)C)C(C)(C)C. The minimum absolute atomic E-state index is 0.222. The Labute approximate surface area is 212 Å². The maximum absolute atomic E-state index is 2.77. The van der Waals surface area contributed by atoms with E-state index >= 15 is 0 Å². The van der Waals surface area contributed by atoms with Crippen LogP contribution in [-0.2, 0) is 0 Å². The Morgan fingerprint density at radius 3 is 0.625 bits per heavy atom. The van der Waals surface area contributed by atoms with Crippen molar-refractivity contribution in [2.45, 2.75) is 167 Å². The average Bonchev–Trinajstić information content (AvgIpc) is 2.24. The quantitative estimate of drug-likeness (QED) is 0.236. The van der Waals surface area contributed by atoms with Crippen LogP contribution in [0.3, 0.4) is 0 Å². The van der Waals surface area contributed by atoms with Crippen molar-refractivity contribution in [3.05, 3.63) is 0 Å². The third-order valence-corrected chi connectivity index (χ3v) is 39.2. The third kappa shape index (κ3) is 6.66. The Bertz CT molecular complexity index is 531. The van der Waals surface area contributed by atoms with Crippen LogP contribution in [-0.4, -0.2) is 51.0 Å². The summed E-state index contributed by atoms with van der Waals surface area (Å²) in [5.41, 5.74) is 0. The summed E-state index contributed by atoms with van der Waals surface area (Å²) < 4.78 is 0.575. The van der Waals surface area contributed by atoms with Crippen molar-refractivity contribution < 1.29 is 0 Å². The Morgan fingerprint density at radius 1 is 0.375 bits per heavy atom. The van der Waals surface area contributed by atoms with Gasteiger partial charge in [0.15, 0.2) is 0 Å². The molecular formula is C26H63BP2Si3. The summed E-state index contributed by atoms with van der Waals surface area (Å²) in [6.45, 7) is 56.1. The standard InChI is InChI=1S/C26H63BP2Si3/c1-22(2,3)28(23(4,5)6)27(29(24(7,8)9)25(10,11)12)26(30(13,14)15,31(16,17)18)32(19,20)21/h1-21H3. The van der Waals surface area contributed by atoms with Gasteiger partial charge in [0.25, 0.3) is 0 Å². The van der Waals surface area contributed by atoms with Crippen LogP contribution in [0.15, 0.2) is 0 Å². The Morgan fingerprint density at radius 2 is 0.531 bits per heavy atom. The predicted octanol–water partition coefficient (Wildman–Crippen LogP) is 11.0. The first kappa shape index (κ1) is 33.6. The van der Waals surface area contributed by atoms with Gasteiger partial charge in [-0.15, -0.1) is 15.6 Å². The van der Waals surface area contributed by atoms with E-state index in [0.29, 0.717) is 24.8 Å². The van der Waals surface area contributed by atoms with E-state index in [0.717, 1.165) is 6.15 Å². The lowest BCUT2D eigenvalue weighted by atomic mass is 10.1. The van der Waals surface area contributed by atoms with Crippen LogP contribution < -0.4 is 0 Å². The van der Waals surface area contributed by atoms with Gasteiger partial charge in [-0.2, -0.15) is 0 Å². The van der Waals surface area contributed by atoms with Gasteiger partial charge in [-0.25, -0.2) is 0 Å². The predicted molar refractivity (Wildman–Crippen MR) is 171 cm³/mol. The maximum atomic E-state index is 2.77. The van der Waals surface area contributed by atoms with Gasteiger partial charge < -0.3 is 0 Å². The fourth-order valence-corrected chi connectivity index (χ4v) is 60.0. The molecule has 0 bridgehead atoms. The first-order valence-electron chi connectivity index (χ1n) is 12.9. The highest BCUT2D eigenvalue weighted by atomic mass is 31.2. The lowest BCUT2D eigenvalue weighted by Crippen LogP contribution is -2.73. The summed E-state index contributed by atoms with van der Waals surface area (Å²) in [6.07, 6.45) is 0.859. The van der Waals surface area contributed by atoms with E-state index in [4.69, 9.17) is 0 Å². The van der Waals surface area contributed by atoms with Gasteiger partial charge >= 0.3 is 0 Å². The molecule has 0 spiro atoms. The molecule has 0 radical (unpaired) electrons. The topological polar surface area (TPSA) is 0 Å². The van der Waals surface area contributed by atoms with Gasteiger partial charge in [0.2, 0.25) is 6.15 Å². The number of hydrogen-bond acceptors (Lipinski definition) is 0. The van der Waals surface area contributed by atoms with Crippen molar-refractivity contribution in [2.24, 2.45) is 0 Å². The molecule has 0 amide bonds.